The number of hydrogen-bond acceptors (Lipinski definition) is 7. The number of ether oxygens (including phenoxy) is 1. The number of nitrogens with two attached hydrogens (primary N) is 1. The Morgan fingerprint density at radius 2 is 1.90 bits per heavy atom. The fourth-order valence-electron chi connectivity index (χ4n) is 2.64. The first-order valence-electron chi connectivity index (χ1n) is 8.64. The predicted molar refractivity (Wildman–Crippen MR) is 102 cm³/mol. The molecule has 2 N–H and O–H groups in total. The third kappa shape index (κ3) is 5.25. The summed E-state index contributed by atoms with van der Waals surface area (Å²) in [6.45, 7) is 1.80. The maximum absolute atomic E-state index is 14.7. The van der Waals surface area contributed by atoms with Crippen LogP contribution in [0.2, 0.25) is 0 Å². The summed E-state index contributed by atoms with van der Waals surface area (Å²) >= 11 is 0. The minimum absolute atomic E-state index is 0. The molecule has 0 spiro atoms. The van der Waals surface area contributed by atoms with Crippen LogP contribution < -0.4 is 20.3 Å². The number of hydrogen-bond donors (Lipinski definition) is 1. The SMILES string of the molecule is CC(N)COc1ccnc(N2CCN(c3ncc(C(F)(F)F)cn3)C(=O)C2)c1F.Cl. The van der Waals surface area contributed by atoms with Gasteiger partial charge in [0.1, 0.15) is 6.61 Å². The number of piperazine rings is 1. The van der Waals surface area contributed by atoms with E-state index >= 15 is 0 Å². The normalized spacial score (nSPS) is 15.6. The minimum Gasteiger partial charge on any atom is -0.489 e. The molecule has 164 valence electrons. The van der Waals surface area contributed by atoms with Crippen molar-refractivity contribution in [3.8, 4) is 5.75 Å². The van der Waals surface area contributed by atoms with Gasteiger partial charge in [-0.3, -0.25) is 9.69 Å². The zero-order valence-corrected chi connectivity index (χ0v) is 16.6. The Bertz CT molecular complexity index is 882. The molecule has 0 aliphatic carbocycles. The van der Waals surface area contributed by atoms with Crippen molar-refractivity contribution in [1.82, 2.24) is 15.0 Å². The van der Waals surface area contributed by atoms with Gasteiger partial charge in [-0.25, -0.2) is 15.0 Å². The maximum Gasteiger partial charge on any atom is 0.419 e. The number of alkyl halides is 3. The molecule has 2 aromatic heterocycles. The van der Waals surface area contributed by atoms with Gasteiger partial charge in [-0.05, 0) is 6.92 Å². The van der Waals surface area contributed by atoms with Gasteiger partial charge in [0.2, 0.25) is 17.7 Å². The Balaban J connectivity index is 0.00000320. The lowest BCUT2D eigenvalue weighted by atomic mass is 10.3. The molecule has 0 radical (unpaired) electrons. The van der Waals surface area contributed by atoms with Crippen LogP contribution in [-0.2, 0) is 11.0 Å². The Hall–Kier alpha value is -2.73. The number of nitrogens with zero attached hydrogens (tertiary/aromatic N) is 5. The molecule has 3 heterocycles. The van der Waals surface area contributed by atoms with Crippen molar-refractivity contribution in [2.45, 2.75) is 19.1 Å². The van der Waals surface area contributed by atoms with Crippen molar-refractivity contribution in [3.05, 3.63) is 36.0 Å². The summed E-state index contributed by atoms with van der Waals surface area (Å²) in [7, 11) is 0. The lowest BCUT2D eigenvalue weighted by Crippen LogP contribution is -2.51. The topological polar surface area (TPSA) is 97.5 Å². The molecular weight excluding hydrogens is 432 g/mol. The van der Waals surface area contributed by atoms with E-state index in [4.69, 9.17) is 10.5 Å². The van der Waals surface area contributed by atoms with Crippen LogP contribution in [0, 0.1) is 5.82 Å². The molecule has 30 heavy (non-hydrogen) atoms. The number of carbonyl (C=O) groups is 1. The average molecular weight is 451 g/mol. The zero-order chi connectivity index (χ0) is 21.2. The molecule has 2 aromatic rings. The van der Waals surface area contributed by atoms with Gasteiger partial charge in [-0.1, -0.05) is 0 Å². The van der Waals surface area contributed by atoms with Crippen molar-refractivity contribution >= 4 is 30.1 Å². The molecule has 1 saturated heterocycles. The summed E-state index contributed by atoms with van der Waals surface area (Å²) in [6, 6.07) is 1.06. The molecule has 1 aliphatic rings. The molecule has 1 fully saturated rings. The summed E-state index contributed by atoms with van der Waals surface area (Å²) in [4.78, 5) is 26.2. The molecule has 0 saturated carbocycles. The van der Waals surface area contributed by atoms with Gasteiger partial charge in [0.25, 0.3) is 0 Å². The third-order valence-electron chi connectivity index (χ3n) is 4.06. The molecular formula is C17H19ClF4N6O2. The molecule has 3 rings (SSSR count). The third-order valence-corrected chi connectivity index (χ3v) is 4.06. The molecule has 0 bridgehead atoms. The van der Waals surface area contributed by atoms with E-state index in [0.717, 1.165) is 4.90 Å². The van der Waals surface area contributed by atoms with E-state index in [0.29, 0.717) is 12.4 Å². The van der Waals surface area contributed by atoms with Gasteiger partial charge in [0, 0.05) is 43.8 Å². The largest absolute Gasteiger partial charge is 0.489 e. The average Bonchev–Trinajstić information content (AvgIpc) is 2.66. The highest BCUT2D eigenvalue weighted by Gasteiger charge is 2.33. The fraction of sp³-hybridized carbons (Fsp3) is 0.412. The standard InChI is InChI=1S/C17H18F4N6O2.ClH/c1-10(22)9-29-12-2-3-23-15(14(12)18)26-4-5-27(13(28)8-26)16-24-6-11(7-25-16)17(19,20)21;/h2-3,6-7,10H,4-5,8-9,22H2,1H3;1H. The van der Waals surface area contributed by atoms with E-state index in [1.165, 1.54) is 17.2 Å². The molecule has 1 aliphatic heterocycles. The second kappa shape index (κ2) is 9.39. The molecule has 13 heteroatoms. The Labute approximate surface area is 175 Å². The maximum atomic E-state index is 14.7. The van der Waals surface area contributed by atoms with Crippen LogP contribution in [0.4, 0.5) is 29.3 Å². The number of halogens is 5. The zero-order valence-electron chi connectivity index (χ0n) is 15.8. The highest BCUT2D eigenvalue weighted by Crippen LogP contribution is 2.29. The van der Waals surface area contributed by atoms with E-state index in [1.54, 1.807) is 6.92 Å². The van der Waals surface area contributed by atoms with Gasteiger partial charge >= 0.3 is 6.18 Å². The first-order chi connectivity index (χ1) is 13.7. The van der Waals surface area contributed by atoms with E-state index in [1.807, 2.05) is 0 Å². The summed E-state index contributed by atoms with van der Waals surface area (Å²) in [5, 5.41) is 0. The first kappa shape index (κ1) is 23.5. The number of pyridine rings is 1. The number of rotatable bonds is 5. The molecule has 8 nitrogen and oxygen atoms in total. The van der Waals surface area contributed by atoms with E-state index in [-0.39, 0.29) is 62.2 Å². The molecule has 1 atom stereocenters. The summed E-state index contributed by atoms with van der Waals surface area (Å²) < 4.78 is 57.9. The van der Waals surface area contributed by atoms with Gasteiger partial charge in [0.15, 0.2) is 11.6 Å². The van der Waals surface area contributed by atoms with E-state index in [9.17, 15) is 22.4 Å². The van der Waals surface area contributed by atoms with Gasteiger partial charge in [0.05, 0.1) is 12.1 Å². The van der Waals surface area contributed by atoms with Crippen LogP contribution in [-0.4, -0.2) is 53.1 Å². The lowest BCUT2D eigenvalue weighted by molar-refractivity contribution is -0.138. The Morgan fingerprint density at radius 3 is 2.47 bits per heavy atom. The number of carbonyl (C=O) groups excluding carboxylic acids is 1. The van der Waals surface area contributed by atoms with Crippen LogP contribution in [0.1, 0.15) is 12.5 Å². The van der Waals surface area contributed by atoms with Crippen molar-refractivity contribution in [3.63, 3.8) is 0 Å². The van der Waals surface area contributed by atoms with Crippen LogP contribution in [0.15, 0.2) is 24.7 Å². The van der Waals surface area contributed by atoms with Crippen LogP contribution in [0.25, 0.3) is 0 Å². The number of aromatic nitrogens is 3. The highest BCUT2D eigenvalue weighted by molar-refractivity contribution is 5.96. The van der Waals surface area contributed by atoms with Gasteiger partial charge in [-0.15, -0.1) is 12.4 Å². The molecule has 1 unspecified atom stereocenters. The van der Waals surface area contributed by atoms with E-state index < -0.39 is 23.5 Å². The van der Waals surface area contributed by atoms with Crippen molar-refractivity contribution in [2.75, 3.05) is 36.0 Å². The van der Waals surface area contributed by atoms with Crippen LogP contribution >= 0.6 is 12.4 Å². The second-order valence-electron chi connectivity index (χ2n) is 6.47. The number of anilines is 2. The predicted octanol–water partition coefficient (Wildman–Crippen LogP) is 2.03. The van der Waals surface area contributed by atoms with Crippen molar-refractivity contribution < 1.29 is 27.1 Å². The Morgan fingerprint density at radius 1 is 1.23 bits per heavy atom. The summed E-state index contributed by atoms with van der Waals surface area (Å²) in [5.41, 5.74) is 4.58. The van der Waals surface area contributed by atoms with Gasteiger partial charge in [-0.2, -0.15) is 17.6 Å². The quantitative estimate of drug-likeness (QED) is 0.696. The molecule has 0 aromatic carbocycles. The van der Waals surface area contributed by atoms with Crippen LogP contribution in [0.5, 0.6) is 5.75 Å². The second-order valence-corrected chi connectivity index (χ2v) is 6.47. The Kier molecular flexibility index (Phi) is 7.37. The summed E-state index contributed by atoms with van der Waals surface area (Å²) in [5.74, 6) is -1.47. The first-order valence-corrected chi connectivity index (χ1v) is 8.64. The monoisotopic (exact) mass is 450 g/mol. The fourth-order valence-corrected chi connectivity index (χ4v) is 2.64. The molecule has 1 amide bonds. The lowest BCUT2D eigenvalue weighted by Gasteiger charge is -2.33. The van der Waals surface area contributed by atoms with Crippen LogP contribution in [0.3, 0.4) is 0 Å². The van der Waals surface area contributed by atoms with Crippen molar-refractivity contribution in [2.24, 2.45) is 5.73 Å². The highest BCUT2D eigenvalue weighted by atomic mass is 35.5. The summed E-state index contributed by atoms with van der Waals surface area (Å²) in [6.07, 6.45) is -1.99. The smallest absolute Gasteiger partial charge is 0.419 e. The van der Waals surface area contributed by atoms with Gasteiger partial charge < -0.3 is 15.4 Å². The van der Waals surface area contributed by atoms with E-state index in [2.05, 4.69) is 15.0 Å². The van der Waals surface area contributed by atoms with Crippen molar-refractivity contribution in [1.29, 1.82) is 0 Å². The number of amides is 1. The minimum atomic E-state index is -4.57.